The SMILES string of the molecule is COc1ccc(CCN(C)S(=O)(=O)c2ccc(OC)c(N3CCN(C(=O)c4cc5ccccc5s4)CC3)c2)cc1OC. The normalized spacial score (nSPS) is 13.9. The summed E-state index contributed by atoms with van der Waals surface area (Å²) in [5.74, 6) is 1.84. The van der Waals surface area contributed by atoms with Crippen molar-refractivity contribution in [2.24, 2.45) is 0 Å². The van der Waals surface area contributed by atoms with E-state index in [4.69, 9.17) is 14.2 Å². The van der Waals surface area contributed by atoms with Crippen molar-refractivity contribution in [1.29, 1.82) is 0 Å². The predicted octanol–water partition coefficient (Wildman–Crippen LogP) is 4.75. The topological polar surface area (TPSA) is 88.6 Å². The van der Waals surface area contributed by atoms with E-state index in [9.17, 15) is 13.2 Å². The molecule has 1 aromatic heterocycles. The summed E-state index contributed by atoms with van der Waals surface area (Å²) < 4.78 is 45.8. The maximum atomic E-state index is 13.6. The van der Waals surface area contributed by atoms with Crippen LogP contribution >= 0.6 is 11.3 Å². The van der Waals surface area contributed by atoms with Gasteiger partial charge in [0.25, 0.3) is 5.91 Å². The first-order valence-corrected chi connectivity index (χ1v) is 15.9. The molecule has 222 valence electrons. The van der Waals surface area contributed by atoms with E-state index in [1.54, 1.807) is 46.6 Å². The fraction of sp³-hybridized carbons (Fsp3) is 0.323. The second-order valence-corrected chi connectivity index (χ2v) is 13.2. The van der Waals surface area contributed by atoms with Gasteiger partial charge in [-0.1, -0.05) is 24.3 Å². The molecule has 1 aliphatic rings. The number of fused-ring (bicyclic) bond motifs is 1. The Bertz CT molecular complexity index is 1650. The molecule has 9 nitrogen and oxygen atoms in total. The van der Waals surface area contributed by atoms with E-state index in [1.165, 1.54) is 15.6 Å². The van der Waals surface area contributed by atoms with E-state index in [-0.39, 0.29) is 17.3 Å². The van der Waals surface area contributed by atoms with Crippen molar-refractivity contribution >= 4 is 43.0 Å². The molecule has 1 amide bonds. The molecule has 0 aliphatic carbocycles. The molecule has 1 saturated heterocycles. The third-order valence-corrected chi connectivity index (χ3v) is 10.5. The molecule has 5 rings (SSSR count). The second kappa shape index (κ2) is 12.6. The highest BCUT2D eigenvalue weighted by atomic mass is 32.2. The number of hydrogen-bond donors (Lipinski definition) is 0. The summed E-state index contributed by atoms with van der Waals surface area (Å²) in [5.41, 5.74) is 1.63. The Morgan fingerprint density at radius 3 is 2.24 bits per heavy atom. The number of thiophene rings is 1. The van der Waals surface area contributed by atoms with Gasteiger partial charge in [0.1, 0.15) is 5.75 Å². The molecule has 0 unspecified atom stereocenters. The summed E-state index contributed by atoms with van der Waals surface area (Å²) in [4.78, 5) is 18.1. The van der Waals surface area contributed by atoms with E-state index in [0.717, 1.165) is 20.5 Å². The van der Waals surface area contributed by atoms with E-state index >= 15 is 0 Å². The van der Waals surface area contributed by atoms with Crippen LogP contribution in [-0.2, 0) is 16.4 Å². The third-order valence-electron chi connectivity index (χ3n) is 7.57. The van der Waals surface area contributed by atoms with Gasteiger partial charge in [-0.3, -0.25) is 4.79 Å². The summed E-state index contributed by atoms with van der Waals surface area (Å²) in [5, 5.41) is 1.07. The van der Waals surface area contributed by atoms with Gasteiger partial charge in [0.05, 0.1) is 36.8 Å². The fourth-order valence-corrected chi connectivity index (χ4v) is 7.32. The highest BCUT2D eigenvalue weighted by molar-refractivity contribution is 7.89. The number of methoxy groups -OCH3 is 3. The van der Waals surface area contributed by atoms with E-state index in [1.807, 2.05) is 53.4 Å². The van der Waals surface area contributed by atoms with Crippen LogP contribution in [0.5, 0.6) is 17.2 Å². The van der Waals surface area contributed by atoms with E-state index < -0.39 is 10.0 Å². The Hall–Kier alpha value is -3.80. The largest absolute Gasteiger partial charge is 0.495 e. The first kappa shape index (κ1) is 29.7. The fourth-order valence-electron chi connectivity index (χ4n) is 5.09. The maximum absolute atomic E-state index is 13.6. The van der Waals surface area contributed by atoms with Gasteiger partial charge in [0.2, 0.25) is 10.0 Å². The Morgan fingerprint density at radius 1 is 0.857 bits per heavy atom. The standard InChI is InChI=1S/C31H35N3O6S2/c1-32(14-13-22-9-11-27(39-3)28(19-22)40-4)42(36,37)24-10-12-26(38-2)25(21-24)33-15-17-34(18-16-33)31(35)30-20-23-7-5-6-8-29(23)41-30/h5-12,19-21H,13-18H2,1-4H3. The Kier molecular flexibility index (Phi) is 8.91. The molecular formula is C31H35N3O6S2. The average Bonchev–Trinajstić information content (AvgIpc) is 3.47. The van der Waals surface area contributed by atoms with Gasteiger partial charge in [-0.05, 0) is 59.8 Å². The minimum atomic E-state index is -3.76. The Morgan fingerprint density at radius 2 is 1.55 bits per heavy atom. The number of rotatable bonds is 10. The van der Waals surface area contributed by atoms with Crippen LogP contribution in [0.15, 0.2) is 71.6 Å². The van der Waals surface area contributed by atoms with Gasteiger partial charge in [0, 0.05) is 44.5 Å². The van der Waals surface area contributed by atoms with Crippen LogP contribution in [0.3, 0.4) is 0 Å². The van der Waals surface area contributed by atoms with Gasteiger partial charge >= 0.3 is 0 Å². The molecular weight excluding hydrogens is 574 g/mol. The maximum Gasteiger partial charge on any atom is 0.264 e. The number of hydrogen-bond acceptors (Lipinski definition) is 8. The molecule has 11 heteroatoms. The number of piperazine rings is 1. The summed E-state index contributed by atoms with van der Waals surface area (Å²) in [7, 11) is 2.54. The molecule has 2 heterocycles. The molecule has 3 aromatic carbocycles. The van der Waals surface area contributed by atoms with Crippen LogP contribution in [0.25, 0.3) is 10.1 Å². The molecule has 0 radical (unpaired) electrons. The highest BCUT2D eigenvalue weighted by Gasteiger charge is 2.27. The number of ether oxygens (including phenoxy) is 3. The van der Waals surface area contributed by atoms with Gasteiger partial charge in [-0.15, -0.1) is 11.3 Å². The zero-order valence-corrected chi connectivity index (χ0v) is 25.8. The summed E-state index contributed by atoms with van der Waals surface area (Å²) in [6.45, 7) is 2.46. The molecule has 0 saturated carbocycles. The number of sulfonamides is 1. The average molecular weight is 610 g/mol. The second-order valence-electron chi connectivity index (χ2n) is 10.0. The van der Waals surface area contributed by atoms with Crippen molar-refractivity contribution in [3.8, 4) is 17.2 Å². The first-order chi connectivity index (χ1) is 20.2. The lowest BCUT2D eigenvalue weighted by Crippen LogP contribution is -2.48. The molecule has 42 heavy (non-hydrogen) atoms. The Labute approximate surface area is 250 Å². The van der Waals surface area contributed by atoms with Crippen LogP contribution in [0.2, 0.25) is 0 Å². The molecule has 1 aliphatic heterocycles. The minimum absolute atomic E-state index is 0.0234. The molecule has 0 N–H and O–H groups in total. The molecule has 0 spiro atoms. The van der Waals surface area contributed by atoms with E-state index in [0.29, 0.717) is 55.5 Å². The van der Waals surface area contributed by atoms with Crippen molar-refractivity contribution in [3.63, 3.8) is 0 Å². The monoisotopic (exact) mass is 609 g/mol. The van der Waals surface area contributed by atoms with Gasteiger partial charge in [-0.25, -0.2) is 12.7 Å². The number of benzene rings is 3. The van der Waals surface area contributed by atoms with Gasteiger partial charge < -0.3 is 24.0 Å². The summed E-state index contributed by atoms with van der Waals surface area (Å²) in [6, 6.07) is 20.5. The zero-order valence-electron chi connectivity index (χ0n) is 24.2. The zero-order chi connectivity index (χ0) is 29.9. The van der Waals surface area contributed by atoms with Crippen LogP contribution in [0.1, 0.15) is 15.2 Å². The number of nitrogens with zero attached hydrogens (tertiary/aromatic N) is 3. The third kappa shape index (κ3) is 6.04. The van der Waals surface area contributed by atoms with Crippen LogP contribution in [0, 0.1) is 0 Å². The molecule has 0 atom stereocenters. The number of carbonyl (C=O) groups is 1. The molecule has 4 aromatic rings. The van der Waals surface area contributed by atoms with E-state index in [2.05, 4.69) is 4.90 Å². The van der Waals surface area contributed by atoms with Crippen molar-refractivity contribution in [2.75, 3.05) is 66.0 Å². The van der Waals surface area contributed by atoms with Crippen LogP contribution in [-0.4, -0.2) is 84.6 Å². The smallest absolute Gasteiger partial charge is 0.264 e. The molecule has 0 bridgehead atoms. The first-order valence-electron chi connectivity index (χ1n) is 13.6. The summed E-state index contributed by atoms with van der Waals surface area (Å²) in [6.07, 6.45) is 0.509. The lowest BCUT2D eigenvalue weighted by Gasteiger charge is -2.36. The lowest BCUT2D eigenvalue weighted by atomic mass is 10.1. The quantitative estimate of drug-likeness (QED) is 0.256. The van der Waals surface area contributed by atoms with Gasteiger partial charge in [-0.2, -0.15) is 0 Å². The van der Waals surface area contributed by atoms with Crippen molar-refractivity contribution in [2.45, 2.75) is 11.3 Å². The van der Waals surface area contributed by atoms with Crippen LogP contribution in [0.4, 0.5) is 5.69 Å². The van der Waals surface area contributed by atoms with Crippen LogP contribution < -0.4 is 19.1 Å². The number of carbonyl (C=O) groups excluding carboxylic acids is 1. The lowest BCUT2D eigenvalue weighted by molar-refractivity contribution is 0.0751. The predicted molar refractivity (Wildman–Crippen MR) is 166 cm³/mol. The summed E-state index contributed by atoms with van der Waals surface area (Å²) >= 11 is 1.51. The van der Waals surface area contributed by atoms with Crippen molar-refractivity contribution in [3.05, 3.63) is 77.2 Å². The number of likely N-dealkylation sites (N-methyl/N-ethyl adjacent to an activating group) is 1. The highest BCUT2D eigenvalue weighted by Crippen LogP contribution is 2.34. The number of amides is 1. The van der Waals surface area contributed by atoms with Crippen molar-refractivity contribution in [1.82, 2.24) is 9.21 Å². The minimum Gasteiger partial charge on any atom is -0.495 e. The molecule has 1 fully saturated rings. The Balaban J connectivity index is 1.27. The number of anilines is 1. The van der Waals surface area contributed by atoms with Gasteiger partial charge in [0.15, 0.2) is 11.5 Å². The van der Waals surface area contributed by atoms with Crippen molar-refractivity contribution < 1.29 is 27.4 Å².